The van der Waals surface area contributed by atoms with Gasteiger partial charge in [-0.1, -0.05) is 6.08 Å². The minimum absolute atomic E-state index is 0.103. The van der Waals surface area contributed by atoms with Crippen molar-refractivity contribution in [1.82, 2.24) is 4.98 Å². The Labute approximate surface area is 93.2 Å². The first-order valence-electron chi connectivity index (χ1n) is 5.27. The molecule has 0 saturated carbocycles. The Hall–Kier alpha value is -1.45. The summed E-state index contributed by atoms with van der Waals surface area (Å²) in [5.41, 5.74) is 8.92. The molecule has 1 aliphatic carbocycles. The zero-order chi connectivity index (χ0) is 11.8. The van der Waals surface area contributed by atoms with Gasteiger partial charge in [-0.2, -0.15) is 0 Å². The van der Waals surface area contributed by atoms with Crippen LogP contribution in [0.2, 0.25) is 0 Å². The lowest BCUT2D eigenvalue weighted by atomic mass is 9.94. The zero-order valence-electron chi connectivity index (χ0n) is 9.13. The number of rotatable bonds is 1. The number of alkyl halides is 2. The minimum atomic E-state index is -2.56. The molecule has 2 nitrogen and oxygen atoms in total. The van der Waals surface area contributed by atoms with Crippen LogP contribution in [-0.4, -0.2) is 10.9 Å². The third-order valence-corrected chi connectivity index (χ3v) is 2.88. The number of allylic oxidation sites excluding steroid dienone is 2. The largest absolute Gasteiger partial charge is 0.398 e. The first-order chi connectivity index (χ1) is 7.48. The number of nitrogen functional groups attached to an aromatic ring is 1. The number of pyridine rings is 1. The fourth-order valence-electron chi connectivity index (χ4n) is 1.74. The highest BCUT2D eigenvalue weighted by Gasteiger charge is 2.31. The first-order valence-corrected chi connectivity index (χ1v) is 5.27. The van der Waals surface area contributed by atoms with Gasteiger partial charge in [0.2, 0.25) is 0 Å². The van der Waals surface area contributed by atoms with Crippen molar-refractivity contribution in [2.45, 2.75) is 32.1 Å². The van der Waals surface area contributed by atoms with E-state index in [-0.39, 0.29) is 12.8 Å². The molecule has 4 heteroatoms. The van der Waals surface area contributed by atoms with Gasteiger partial charge >= 0.3 is 0 Å². The predicted octanol–water partition coefficient (Wildman–Crippen LogP) is 3.17. The molecular formula is C12H14F2N2. The van der Waals surface area contributed by atoms with Crippen LogP contribution in [0.25, 0.3) is 5.57 Å². The molecule has 1 aromatic heterocycles. The zero-order valence-corrected chi connectivity index (χ0v) is 9.13. The van der Waals surface area contributed by atoms with E-state index in [4.69, 9.17) is 5.73 Å². The first kappa shape index (κ1) is 11.0. The summed E-state index contributed by atoms with van der Waals surface area (Å²) in [6, 6.07) is 1.75. The van der Waals surface area contributed by atoms with Gasteiger partial charge in [-0.15, -0.1) is 0 Å². The summed E-state index contributed by atoms with van der Waals surface area (Å²) >= 11 is 0. The molecule has 86 valence electrons. The van der Waals surface area contributed by atoms with Crippen LogP contribution in [0.4, 0.5) is 14.5 Å². The molecular weight excluding hydrogens is 210 g/mol. The lowest BCUT2D eigenvalue weighted by molar-refractivity contribution is -0.00605. The van der Waals surface area contributed by atoms with E-state index in [2.05, 4.69) is 4.98 Å². The third kappa shape index (κ3) is 2.21. The molecule has 0 aliphatic heterocycles. The number of nitrogens with two attached hydrogens (primary N) is 1. The highest BCUT2D eigenvalue weighted by Crippen LogP contribution is 2.36. The van der Waals surface area contributed by atoms with Gasteiger partial charge in [0, 0.05) is 24.7 Å². The van der Waals surface area contributed by atoms with Crippen molar-refractivity contribution in [3.05, 3.63) is 29.6 Å². The Balaban J connectivity index is 2.26. The minimum Gasteiger partial charge on any atom is -0.398 e. The topological polar surface area (TPSA) is 38.9 Å². The fraction of sp³-hybridized carbons (Fsp3) is 0.417. The van der Waals surface area contributed by atoms with Crippen molar-refractivity contribution < 1.29 is 8.78 Å². The molecule has 2 N–H and O–H groups in total. The molecule has 2 rings (SSSR count). The van der Waals surface area contributed by atoms with Gasteiger partial charge in [-0.3, -0.25) is 4.98 Å². The molecule has 0 amide bonds. The molecule has 0 bridgehead atoms. The molecule has 0 unspecified atom stereocenters. The van der Waals surface area contributed by atoms with Crippen molar-refractivity contribution in [1.29, 1.82) is 0 Å². The van der Waals surface area contributed by atoms with Crippen LogP contribution in [0.3, 0.4) is 0 Å². The number of aromatic nitrogens is 1. The number of nitrogens with zero attached hydrogens (tertiary/aromatic N) is 1. The second-order valence-corrected chi connectivity index (χ2v) is 4.22. The lowest BCUT2D eigenvalue weighted by Gasteiger charge is -2.21. The number of hydrogen-bond donors (Lipinski definition) is 1. The summed E-state index contributed by atoms with van der Waals surface area (Å²) in [4.78, 5) is 4.22. The van der Waals surface area contributed by atoms with E-state index in [1.54, 1.807) is 18.3 Å². The van der Waals surface area contributed by atoms with Crippen LogP contribution in [0.5, 0.6) is 0 Å². The highest BCUT2D eigenvalue weighted by molar-refractivity contribution is 5.66. The summed E-state index contributed by atoms with van der Waals surface area (Å²) < 4.78 is 25.9. The van der Waals surface area contributed by atoms with Crippen LogP contribution in [0.15, 0.2) is 18.3 Å². The second kappa shape index (κ2) is 3.85. The number of aryl methyl sites for hydroxylation is 1. The Morgan fingerprint density at radius 3 is 2.75 bits per heavy atom. The number of anilines is 1. The Kier molecular flexibility index (Phi) is 2.66. The summed E-state index contributed by atoms with van der Waals surface area (Å²) in [5.74, 6) is -2.56. The second-order valence-electron chi connectivity index (χ2n) is 4.22. The van der Waals surface area contributed by atoms with Gasteiger partial charge in [0.15, 0.2) is 0 Å². The van der Waals surface area contributed by atoms with Crippen LogP contribution in [-0.2, 0) is 0 Å². The maximum absolute atomic E-state index is 12.9. The SMILES string of the molecule is Cc1cnc(C2=CCC(F)(F)CC2)cc1N. The van der Waals surface area contributed by atoms with Crippen molar-refractivity contribution in [3.8, 4) is 0 Å². The quantitative estimate of drug-likeness (QED) is 0.795. The normalized spacial score (nSPS) is 19.3. The van der Waals surface area contributed by atoms with Crippen molar-refractivity contribution >= 4 is 11.3 Å². The molecule has 16 heavy (non-hydrogen) atoms. The van der Waals surface area contributed by atoms with E-state index in [0.29, 0.717) is 12.1 Å². The molecule has 1 heterocycles. The van der Waals surface area contributed by atoms with Crippen LogP contribution < -0.4 is 5.73 Å². The van der Waals surface area contributed by atoms with Crippen molar-refractivity contribution in [3.63, 3.8) is 0 Å². The Bertz CT molecular complexity index is 439. The summed E-state index contributed by atoms with van der Waals surface area (Å²) in [6.07, 6.45) is 3.31. The van der Waals surface area contributed by atoms with E-state index < -0.39 is 5.92 Å². The number of halogens is 2. The molecule has 1 aliphatic rings. The predicted molar refractivity (Wildman–Crippen MR) is 60.2 cm³/mol. The van der Waals surface area contributed by atoms with Gasteiger partial charge in [0.05, 0.1) is 5.69 Å². The van der Waals surface area contributed by atoms with Gasteiger partial charge in [0.25, 0.3) is 5.92 Å². The molecule has 0 spiro atoms. The van der Waals surface area contributed by atoms with E-state index in [0.717, 1.165) is 16.8 Å². The third-order valence-electron chi connectivity index (χ3n) is 2.88. The van der Waals surface area contributed by atoms with Gasteiger partial charge < -0.3 is 5.73 Å². The van der Waals surface area contributed by atoms with Gasteiger partial charge in [-0.25, -0.2) is 8.78 Å². The molecule has 0 radical (unpaired) electrons. The molecule has 0 saturated heterocycles. The summed E-state index contributed by atoms with van der Waals surface area (Å²) in [5, 5.41) is 0. The molecule has 0 fully saturated rings. The smallest absolute Gasteiger partial charge is 0.251 e. The maximum Gasteiger partial charge on any atom is 0.251 e. The Morgan fingerprint density at radius 2 is 2.19 bits per heavy atom. The monoisotopic (exact) mass is 224 g/mol. The molecule has 0 atom stereocenters. The van der Waals surface area contributed by atoms with Crippen molar-refractivity contribution in [2.24, 2.45) is 0 Å². The van der Waals surface area contributed by atoms with Gasteiger partial charge in [-0.05, 0) is 30.5 Å². The molecule has 0 aromatic carbocycles. The van der Waals surface area contributed by atoms with Crippen LogP contribution in [0, 0.1) is 6.92 Å². The standard InChI is InChI=1S/C12H14F2N2/c1-8-7-16-11(6-10(8)15)9-2-4-12(13,14)5-3-9/h2,6-7H,3-5H2,1H3,(H2,15,16). The van der Waals surface area contributed by atoms with E-state index >= 15 is 0 Å². The molecule has 1 aromatic rings. The van der Waals surface area contributed by atoms with Crippen molar-refractivity contribution in [2.75, 3.05) is 5.73 Å². The van der Waals surface area contributed by atoms with Crippen LogP contribution in [0.1, 0.15) is 30.5 Å². The highest BCUT2D eigenvalue weighted by atomic mass is 19.3. The maximum atomic E-state index is 12.9. The van der Waals surface area contributed by atoms with E-state index in [1.165, 1.54) is 0 Å². The summed E-state index contributed by atoms with van der Waals surface area (Å²) in [6.45, 7) is 1.87. The van der Waals surface area contributed by atoms with E-state index in [1.807, 2.05) is 6.92 Å². The average molecular weight is 224 g/mol. The van der Waals surface area contributed by atoms with Gasteiger partial charge in [0.1, 0.15) is 0 Å². The number of hydrogen-bond acceptors (Lipinski definition) is 2. The average Bonchev–Trinajstić information content (AvgIpc) is 2.22. The summed E-state index contributed by atoms with van der Waals surface area (Å²) in [7, 11) is 0. The van der Waals surface area contributed by atoms with E-state index in [9.17, 15) is 8.78 Å². The lowest BCUT2D eigenvalue weighted by Crippen LogP contribution is -2.18. The fourth-order valence-corrected chi connectivity index (χ4v) is 1.74. The Morgan fingerprint density at radius 1 is 1.44 bits per heavy atom. The van der Waals surface area contributed by atoms with Crippen LogP contribution >= 0.6 is 0 Å².